The number of carbonyl (C=O) groups is 3. The zero-order chi connectivity index (χ0) is 18.3. The van der Waals surface area contributed by atoms with Crippen molar-refractivity contribution >= 4 is 17.8 Å². The van der Waals surface area contributed by atoms with Crippen molar-refractivity contribution in [3.05, 3.63) is 35.9 Å². The van der Waals surface area contributed by atoms with Gasteiger partial charge in [-0.3, -0.25) is 9.59 Å². The first-order chi connectivity index (χ1) is 11.1. The van der Waals surface area contributed by atoms with Gasteiger partial charge in [-0.15, -0.1) is 0 Å². The van der Waals surface area contributed by atoms with Crippen molar-refractivity contribution in [3.63, 3.8) is 0 Å². The molecule has 0 heterocycles. The average Bonchev–Trinajstić information content (AvgIpc) is 2.51. The Morgan fingerprint density at radius 2 is 1.67 bits per heavy atom. The lowest BCUT2D eigenvalue weighted by molar-refractivity contribution is -0.129. The van der Waals surface area contributed by atoms with Gasteiger partial charge in [0.25, 0.3) is 0 Å². The first kappa shape index (κ1) is 19.7. The fraction of sp³-hybridized carbons (Fsp3) is 0.500. The number of carbonyl (C=O) groups excluding carboxylic acids is 3. The molecule has 1 aromatic rings. The van der Waals surface area contributed by atoms with Crippen LogP contribution < -0.4 is 10.6 Å². The molecule has 0 saturated heterocycles. The fourth-order valence-corrected chi connectivity index (χ4v) is 2.25. The monoisotopic (exact) mass is 334 g/mol. The van der Waals surface area contributed by atoms with Crippen LogP contribution in [-0.2, 0) is 20.7 Å². The third-order valence-electron chi connectivity index (χ3n) is 3.67. The number of nitrogens with one attached hydrogen (secondary N) is 2. The first-order valence-electron chi connectivity index (χ1n) is 7.84. The van der Waals surface area contributed by atoms with Gasteiger partial charge in [0.15, 0.2) is 5.78 Å². The maximum atomic E-state index is 12.6. The summed E-state index contributed by atoms with van der Waals surface area (Å²) in [7, 11) is 1.24. The Hall–Kier alpha value is -2.37. The topological polar surface area (TPSA) is 84.5 Å². The van der Waals surface area contributed by atoms with Gasteiger partial charge in [0, 0.05) is 0 Å². The molecule has 0 aromatic heterocycles. The molecule has 0 fully saturated rings. The molecule has 132 valence electrons. The molecule has 6 heteroatoms. The van der Waals surface area contributed by atoms with E-state index in [0.717, 1.165) is 5.56 Å². The summed E-state index contributed by atoms with van der Waals surface area (Å²) in [5, 5.41) is 5.27. The van der Waals surface area contributed by atoms with Crippen molar-refractivity contribution in [2.75, 3.05) is 7.11 Å². The minimum absolute atomic E-state index is 0.141. The van der Waals surface area contributed by atoms with Crippen LogP contribution in [0.4, 0.5) is 4.79 Å². The van der Waals surface area contributed by atoms with Gasteiger partial charge in [-0.2, -0.15) is 0 Å². The van der Waals surface area contributed by atoms with E-state index in [1.807, 2.05) is 51.1 Å². The minimum Gasteiger partial charge on any atom is -0.453 e. The second-order valence-electron chi connectivity index (χ2n) is 6.80. The summed E-state index contributed by atoms with van der Waals surface area (Å²) in [5.74, 6) is -0.554. The average molecular weight is 334 g/mol. The Kier molecular flexibility index (Phi) is 6.95. The molecule has 2 amide bonds. The number of rotatable bonds is 6. The van der Waals surface area contributed by atoms with Gasteiger partial charge in [-0.25, -0.2) is 4.79 Å². The zero-order valence-corrected chi connectivity index (χ0v) is 14.9. The van der Waals surface area contributed by atoms with Gasteiger partial charge in [-0.05, 0) is 24.3 Å². The van der Waals surface area contributed by atoms with Crippen molar-refractivity contribution in [3.8, 4) is 0 Å². The summed E-state index contributed by atoms with van der Waals surface area (Å²) in [6.45, 7) is 6.92. The third kappa shape index (κ3) is 6.02. The molecule has 0 aliphatic heterocycles. The number of ketones is 1. The second kappa shape index (κ2) is 8.47. The number of benzene rings is 1. The van der Waals surface area contributed by atoms with Crippen LogP contribution in [0.5, 0.6) is 0 Å². The molecule has 0 radical (unpaired) electrons. The van der Waals surface area contributed by atoms with Crippen LogP contribution in [0.3, 0.4) is 0 Å². The van der Waals surface area contributed by atoms with E-state index in [9.17, 15) is 14.4 Å². The second-order valence-corrected chi connectivity index (χ2v) is 6.80. The number of ether oxygens (including phenoxy) is 1. The molecule has 2 N–H and O–H groups in total. The van der Waals surface area contributed by atoms with Gasteiger partial charge in [0.1, 0.15) is 6.04 Å². The molecule has 0 spiro atoms. The number of alkyl carbamates (subject to hydrolysis) is 1. The van der Waals surface area contributed by atoms with Crippen LogP contribution >= 0.6 is 0 Å². The van der Waals surface area contributed by atoms with Gasteiger partial charge >= 0.3 is 6.09 Å². The van der Waals surface area contributed by atoms with Crippen LogP contribution in [0.2, 0.25) is 0 Å². The molecule has 0 aliphatic carbocycles. The SMILES string of the molecule is COC(=O)NC(C(=O)N[C@@H](Cc1ccccc1)C(C)=O)C(C)(C)C. The molecule has 1 aromatic carbocycles. The summed E-state index contributed by atoms with van der Waals surface area (Å²) < 4.78 is 4.58. The Morgan fingerprint density at radius 1 is 1.08 bits per heavy atom. The highest BCUT2D eigenvalue weighted by Gasteiger charge is 2.34. The molecular weight excluding hydrogens is 308 g/mol. The van der Waals surface area contributed by atoms with Crippen molar-refractivity contribution in [2.24, 2.45) is 5.41 Å². The molecule has 24 heavy (non-hydrogen) atoms. The Bertz CT molecular complexity index is 578. The number of amides is 2. The summed E-state index contributed by atoms with van der Waals surface area (Å²) in [5.41, 5.74) is 0.415. The van der Waals surface area contributed by atoms with E-state index in [0.29, 0.717) is 6.42 Å². The summed E-state index contributed by atoms with van der Waals surface area (Å²) >= 11 is 0. The summed E-state index contributed by atoms with van der Waals surface area (Å²) in [4.78, 5) is 36.0. The summed E-state index contributed by atoms with van der Waals surface area (Å²) in [6, 6.07) is 7.98. The molecule has 0 saturated carbocycles. The fourth-order valence-electron chi connectivity index (χ4n) is 2.25. The maximum Gasteiger partial charge on any atom is 0.407 e. The Balaban J connectivity index is 2.88. The maximum absolute atomic E-state index is 12.6. The highest BCUT2D eigenvalue weighted by atomic mass is 16.5. The van der Waals surface area contributed by atoms with Crippen molar-refractivity contribution in [2.45, 2.75) is 46.2 Å². The lowest BCUT2D eigenvalue weighted by Crippen LogP contribution is -2.56. The smallest absolute Gasteiger partial charge is 0.407 e. The van der Waals surface area contributed by atoms with E-state index >= 15 is 0 Å². The van der Waals surface area contributed by atoms with Gasteiger partial charge in [0.05, 0.1) is 13.2 Å². The Labute approximate surface area is 143 Å². The third-order valence-corrected chi connectivity index (χ3v) is 3.67. The normalized spacial score (nSPS) is 13.5. The van der Waals surface area contributed by atoms with E-state index < -0.39 is 29.5 Å². The van der Waals surface area contributed by atoms with Crippen LogP contribution in [0.15, 0.2) is 30.3 Å². The van der Waals surface area contributed by atoms with E-state index in [1.54, 1.807) is 0 Å². The number of methoxy groups -OCH3 is 1. The van der Waals surface area contributed by atoms with E-state index in [1.165, 1.54) is 14.0 Å². The highest BCUT2D eigenvalue weighted by molar-refractivity contribution is 5.91. The lowest BCUT2D eigenvalue weighted by atomic mass is 9.86. The summed E-state index contributed by atoms with van der Waals surface area (Å²) in [6.07, 6.45) is -0.288. The van der Waals surface area contributed by atoms with Crippen molar-refractivity contribution in [1.29, 1.82) is 0 Å². The van der Waals surface area contributed by atoms with Crippen LogP contribution in [-0.4, -0.2) is 37.0 Å². The molecule has 2 atom stereocenters. The number of Topliss-reactive ketones (excluding diaryl/α,β-unsaturated/α-hetero) is 1. The predicted molar refractivity (Wildman–Crippen MR) is 91.5 cm³/mol. The number of hydrogen-bond acceptors (Lipinski definition) is 4. The minimum atomic E-state index is -0.817. The zero-order valence-electron chi connectivity index (χ0n) is 14.9. The first-order valence-corrected chi connectivity index (χ1v) is 7.84. The molecule has 6 nitrogen and oxygen atoms in total. The van der Waals surface area contributed by atoms with Crippen LogP contribution in [0, 0.1) is 5.41 Å². The van der Waals surface area contributed by atoms with Crippen LogP contribution in [0.1, 0.15) is 33.3 Å². The number of hydrogen-bond donors (Lipinski definition) is 2. The predicted octanol–water partition coefficient (Wildman–Crippen LogP) is 2.07. The largest absolute Gasteiger partial charge is 0.453 e. The van der Waals surface area contributed by atoms with Gasteiger partial charge in [0.2, 0.25) is 5.91 Å². The van der Waals surface area contributed by atoms with E-state index in [2.05, 4.69) is 15.4 Å². The molecule has 0 aliphatic rings. The van der Waals surface area contributed by atoms with Crippen LogP contribution in [0.25, 0.3) is 0 Å². The Morgan fingerprint density at radius 3 is 2.12 bits per heavy atom. The highest BCUT2D eigenvalue weighted by Crippen LogP contribution is 2.20. The standard InChI is InChI=1S/C18H26N2O4/c1-12(21)14(11-13-9-7-6-8-10-13)19-16(22)15(18(2,3)4)20-17(23)24-5/h6-10,14-15H,11H2,1-5H3,(H,19,22)(H,20,23)/t14-,15?/m0/s1. The van der Waals surface area contributed by atoms with E-state index in [-0.39, 0.29) is 5.78 Å². The van der Waals surface area contributed by atoms with Crippen molar-refractivity contribution < 1.29 is 19.1 Å². The van der Waals surface area contributed by atoms with Crippen molar-refractivity contribution in [1.82, 2.24) is 10.6 Å². The quantitative estimate of drug-likeness (QED) is 0.834. The molecule has 1 unspecified atom stereocenters. The molecule has 1 rings (SSSR count). The lowest BCUT2D eigenvalue weighted by Gasteiger charge is -2.31. The van der Waals surface area contributed by atoms with Gasteiger partial charge < -0.3 is 15.4 Å². The van der Waals surface area contributed by atoms with E-state index in [4.69, 9.17) is 0 Å². The molecular formula is C18H26N2O4. The van der Waals surface area contributed by atoms with Gasteiger partial charge in [-0.1, -0.05) is 51.1 Å². The molecule has 0 bridgehead atoms.